The van der Waals surface area contributed by atoms with Gasteiger partial charge in [0.2, 0.25) is 0 Å². The lowest BCUT2D eigenvalue weighted by atomic mass is 10.0. The monoisotopic (exact) mass is 259 g/mol. The third-order valence-electron chi connectivity index (χ3n) is 2.10. The number of methoxy groups -OCH3 is 1. The maximum absolute atomic E-state index is 9.71. The zero-order valence-corrected chi connectivity index (χ0v) is 9.84. The standard InChI is InChI=1S/C10H14BrNO2/c1-6-3-4-7(11)9(8(13)5-12)10(6)14-2/h3-4,8,13H,5,12H2,1-2H3. The van der Waals surface area contributed by atoms with Gasteiger partial charge in [0.1, 0.15) is 5.75 Å². The second kappa shape index (κ2) is 4.77. The molecule has 0 bridgehead atoms. The highest BCUT2D eigenvalue weighted by atomic mass is 79.9. The number of aryl methyl sites for hydroxylation is 1. The summed E-state index contributed by atoms with van der Waals surface area (Å²) in [5, 5.41) is 9.71. The van der Waals surface area contributed by atoms with Crippen molar-refractivity contribution in [2.24, 2.45) is 5.73 Å². The lowest BCUT2D eigenvalue weighted by molar-refractivity contribution is 0.181. The van der Waals surface area contributed by atoms with Crippen molar-refractivity contribution in [1.82, 2.24) is 0 Å². The van der Waals surface area contributed by atoms with E-state index in [4.69, 9.17) is 10.5 Å². The molecule has 78 valence electrons. The van der Waals surface area contributed by atoms with Crippen molar-refractivity contribution in [3.8, 4) is 5.75 Å². The molecule has 1 rings (SSSR count). The Kier molecular flexibility index (Phi) is 3.92. The molecule has 0 heterocycles. The summed E-state index contributed by atoms with van der Waals surface area (Å²) in [5.41, 5.74) is 7.12. The maximum atomic E-state index is 9.71. The number of rotatable bonds is 3. The van der Waals surface area contributed by atoms with Crippen LogP contribution in [0.3, 0.4) is 0 Å². The van der Waals surface area contributed by atoms with Crippen LogP contribution in [-0.2, 0) is 0 Å². The Labute approximate surface area is 92.0 Å². The molecule has 0 amide bonds. The van der Waals surface area contributed by atoms with E-state index >= 15 is 0 Å². The number of ether oxygens (including phenoxy) is 1. The zero-order chi connectivity index (χ0) is 10.7. The Balaban J connectivity index is 3.29. The third-order valence-corrected chi connectivity index (χ3v) is 2.79. The van der Waals surface area contributed by atoms with E-state index in [0.29, 0.717) is 5.75 Å². The Morgan fingerprint density at radius 2 is 2.21 bits per heavy atom. The van der Waals surface area contributed by atoms with Gasteiger partial charge in [0.25, 0.3) is 0 Å². The van der Waals surface area contributed by atoms with Crippen molar-refractivity contribution in [2.45, 2.75) is 13.0 Å². The molecular weight excluding hydrogens is 246 g/mol. The molecule has 1 unspecified atom stereocenters. The molecule has 14 heavy (non-hydrogen) atoms. The minimum absolute atomic E-state index is 0.179. The first-order chi connectivity index (χ1) is 6.61. The molecule has 0 aliphatic heterocycles. The zero-order valence-electron chi connectivity index (χ0n) is 8.25. The number of aliphatic hydroxyl groups excluding tert-OH is 1. The highest BCUT2D eigenvalue weighted by Gasteiger charge is 2.17. The quantitative estimate of drug-likeness (QED) is 0.870. The van der Waals surface area contributed by atoms with Crippen LogP contribution in [0.15, 0.2) is 16.6 Å². The molecule has 0 aromatic heterocycles. The molecule has 3 nitrogen and oxygen atoms in total. The summed E-state index contributed by atoms with van der Waals surface area (Å²) in [6.07, 6.45) is -0.695. The fraction of sp³-hybridized carbons (Fsp3) is 0.400. The molecule has 4 heteroatoms. The molecule has 0 aliphatic carbocycles. The van der Waals surface area contributed by atoms with E-state index in [1.54, 1.807) is 7.11 Å². The summed E-state index contributed by atoms with van der Waals surface area (Å²) in [6.45, 7) is 2.11. The lowest BCUT2D eigenvalue weighted by Gasteiger charge is -2.16. The van der Waals surface area contributed by atoms with Crippen LogP contribution < -0.4 is 10.5 Å². The van der Waals surface area contributed by atoms with Crippen molar-refractivity contribution in [3.63, 3.8) is 0 Å². The number of benzene rings is 1. The summed E-state index contributed by atoms with van der Waals surface area (Å²) in [6, 6.07) is 3.81. The van der Waals surface area contributed by atoms with Crippen molar-refractivity contribution in [1.29, 1.82) is 0 Å². The fourth-order valence-electron chi connectivity index (χ4n) is 1.38. The van der Waals surface area contributed by atoms with Crippen LogP contribution in [0, 0.1) is 6.92 Å². The Hall–Kier alpha value is -0.580. The first-order valence-electron chi connectivity index (χ1n) is 4.33. The van der Waals surface area contributed by atoms with Crippen LogP contribution >= 0.6 is 15.9 Å². The van der Waals surface area contributed by atoms with Gasteiger partial charge in [0.05, 0.1) is 13.2 Å². The van der Waals surface area contributed by atoms with Gasteiger partial charge in [-0.3, -0.25) is 0 Å². The van der Waals surface area contributed by atoms with Crippen LogP contribution in [0.4, 0.5) is 0 Å². The number of hydrogen-bond acceptors (Lipinski definition) is 3. The normalized spacial score (nSPS) is 12.6. The van der Waals surface area contributed by atoms with Crippen molar-refractivity contribution < 1.29 is 9.84 Å². The minimum Gasteiger partial charge on any atom is -0.496 e. The van der Waals surface area contributed by atoms with Gasteiger partial charge in [-0.1, -0.05) is 22.0 Å². The first-order valence-corrected chi connectivity index (χ1v) is 5.12. The summed E-state index contributed by atoms with van der Waals surface area (Å²) in [4.78, 5) is 0. The van der Waals surface area contributed by atoms with Crippen LogP contribution in [0.2, 0.25) is 0 Å². The Bertz CT molecular complexity index is 328. The van der Waals surface area contributed by atoms with Crippen LogP contribution in [0.25, 0.3) is 0 Å². The molecule has 0 radical (unpaired) electrons. The summed E-state index contributed by atoms with van der Waals surface area (Å²) in [5.74, 6) is 0.692. The van der Waals surface area contributed by atoms with Gasteiger partial charge < -0.3 is 15.6 Å². The average Bonchev–Trinajstić information content (AvgIpc) is 2.19. The molecule has 1 atom stereocenters. The first kappa shape index (κ1) is 11.5. The predicted octanol–water partition coefficient (Wildman–Crippen LogP) is 1.76. The number of hydrogen-bond donors (Lipinski definition) is 2. The lowest BCUT2D eigenvalue weighted by Crippen LogP contribution is -2.13. The average molecular weight is 260 g/mol. The van der Waals surface area contributed by atoms with Gasteiger partial charge in [-0.2, -0.15) is 0 Å². The maximum Gasteiger partial charge on any atom is 0.128 e. The molecule has 0 aliphatic rings. The van der Waals surface area contributed by atoms with E-state index in [1.165, 1.54) is 0 Å². The van der Waals surface area contributed by atoms with E-state index in [0.717, 1.165) is 15.6 Å². The Morgan fingerprint density at radius 3 is 2.71 bits per heavy atom. The number of aliphatic hydroxyl groups is 1. The molecule has 0 saturated heterocycles. The van der Waals surface area contributed by atoms with Gasteiger partial charge in [0, 0.05) is 16.6 Å². The molecule has 0 saturated carbocycles. The molecule has 0 fully saturated rings. The fourth-order valence-corrected chi connectivity index (χ4v) is 1.96. The molecule has 0 spiro atoms. The molecular formula is C10H14BrNO2. The minimum atomic E-state index is -0.695. The highest BCUT2D eigenvalue weighted by Crippen LogP contribution is 2.34. The second-order valence-electron chi connectivity index (χ2n) is 3.06. The van der Waals surface area contributed by atoms with Gasteiger partial charge in [-0.25, -0.2) is 0 Å². The third kappa shape index (κ3) is 2.08. The van der Waals surface area contributed by atoms with Crippen molar-refractivity contribution in [3.05, 3.63) is 27.7 Å². The van der Waals surface area contributed by atoms with Gasteiger partial charge in [-0.05, 0) is 18.6 Å². The SMILES string of the molecule is COc1c(C)ccc(Br)c1C(O)CN. The van der Waals surface area contributed by atoms with Crippen molar-refractivity contribution >= 4 is 15.9 Å². The highest BCUT2D eigenvalue weighted by molar-refractivity contribution is 9.10. The van der Waals surface area contributed by atoms with Gasteiger partial charge >= 0.3 is 0 Å². The summed E-state index contributed by atoms with van der Waals surface area (Å²) in [7, 11) is 1.58. The largest absolute Gasteiger partial charge is 0.496 e. The van der Waals surface area contributed by atoms with Gasteiger partial charge in [-0.15, -0.1) is 0 Å². The summed E-state index contributed by atoms with van der Waals surface area (Å²) >= 11 is 3.37. The second-order valence-corrected chi connectivity index (χ2v) is 3.92. The van der Waals surface area contributed by atoms with E-state index in [-0.39, 0.29) is 6.54 Å². The van der Waals surface area contributed by atoms with Crippen LogP contribution in [-0.4, -0.2) is 18.8 Å². The molecule has 3 N–H and O–H groups in total. The van der Waals surface area contributed by atoms with E-state index in [1.807, 2.05) is 19.1 Å². The van der Waals surface area contributed by atoms with E-state index < -0.39 is 6.10 Å². The Morgan fingerprint density at radius 1 is 1.57 bits per heavy atom. The number of nitrogens with two attached hydrogens (primary N) is 1. The van der Waals surface area contributed by atoms with Crippen molar-refractivity contribution in [2.75, 3.05) is 13.7 Å². The van der Waals surface area contributed by atoms with E-state index in [9.17, 15) is 5.11 Å². The summed E-state index contributed by atoms with van der Waals surface area (Å²) < 4.78 is 6.05. The molecule has 1 aromatic rings. The number of halogens is 1. The predicted molar refractivity (Wildman–Crippen MR) is 59.4 cm³/mol. The van der Waals surface area contributed by atoms with Crippen LogP contribution in [0.5, 0.6) is 5.75 Å². The van der Waals surface area contributed by atoms with E-state index in [2.05, 4.69) is 15.9 Å². The topological polar surface area (TPSA) is 55.5 Å². The smallest absolute Gasteiger partial charge is 0.128 e. The molecule has 1 aromatic carbocycles. The van der Waals surface area contributed by atoms with Crippen LogP contribution in [0.1, 0.15) is 17.2 Å². The van der Waals surface area contributed by atoms with Gasteiger partial charge in [0.15, 0.2) is 0 Å².